The molecule has 0 radical (unpaired) electrons. The molecule has 22 heavy (non-hydrogen) atoms. The van der Waals surface area contributed by atoms with E-state index in [1.807, 2.05) is 24.3 Å². The van der Waals surface area contributed by atoms with Gasteiger partial charge in [0.05, 0.1) is 6.61 Å². The molecule has 1 aromatic carbocycles. The number of rotatable bonds is 6. The number of nitrogens with one attached hydrogen (secondary N) is 2. The van der Waals surface area contributed by atoms with E-state index in [1.54, 1.807) is 12.5 Å². The Kier molecular flexibility index (Phi) is 5.62. The van der Waals surface area contributed by atoms with Crippen LogP contribution in [-0.4, -0.2) is 23.9 Å². The predicted molar refractivity (Wildman–Crippen MR) is 84.7 cm³/mol. The van der Waals surface area contributed by atoms with Crippen LogP contribution in [0.3, 0.4) is 0 Å². The lowest BCUT2D eigenvalue weighted by molar-refractivity contribution is -0.114. The minimum atomic E-state index is -0.273. The maximum absolute atomic E-state index is 12.0. The van der Waals surface area contributed by atoms with E-state index >= 15 is 0 Å². The van der Waals surface area contributed by atoms with Crippen LogP contribution in [0.15, 0.2) is 29.6 Å². The van der Waals surface area contributed by atoms with Gasteiger partial charge in [-0.3, -0.25) is 9.59 Å². The van der Waals surface area contributed by atoms with E-state index in [0.717, 1.165) is 11.1 Å². The Bertz CT molecular complexity index is 670. The standard InChI is InChI=1S/C15H17N3O3S/c1-10(19)17-15-18-13(9-22-15)14(20)16-7-11-4-3-5-12(6-11)8-21-2/h3-6,9H,7-8H2,1-2H3,(H,16,20)(H,17,18,19). The van der Waals surface area contributed by atoms with Crippen molar-refractivity contribution in [1.82, 2.24) is 10.3 Å². The number of ether oxygens (including phenoxy) is 1. The van der Waals surface area contributed by atoms with Crippen LogP contribution < -0.4 is 10.6 Å². The Balaban J connectivity index is 1.93. The number of nitrogens with zero attached hydrogens (tertiary/aromatic N) is 1. The monoisotopic (exact) mass is 319 g/mol. The lowest BCUT2D eigenvalue weighted by Gasteiger charge is -2.06. The first-order chi connectivity index (χ1) is 10.6. The van der Waals surface area contributed by atoms with Crippen LogP contribution >= 0.6 is 11.3 Å². The van der Waals surface area contributed by atoms with E-state index in [-0.39, 0.29) is 11.8 Å². The molecule has 0 atom stereocenters. The summed E-state index contributed by atoms with van der Waals surface area (Å²) < 4.78 is 5.08. The lowest BCUT2D eigenvalue weighted by Crippen LogP contribution is -2.23. The third kappa shape index (κ3) is 4.64. The van der Waals surface area contributed by atoms with Crippen molar-refractivity contribution in [2.75, 3.05) is 12.4 Å². The topological polar surface area (TPSA) is 80.3 Å². The van der Waals surface area contributed by atoms with E-state index in [2.05, 4.69) is 15.6 Å². The minimum absolute atomic E-state index is 0.212. The molecule has 0 fully saturated rings. The number of carbonyl (C=O) groups excluding carboxylic acids is 2. The number of carbonyl (C=O) groups is 2. The summed E-state index contributed by atoms with van der Waals surface area (Å²) in [5, 5.41) is 7.38. The summed E-state index contributed by atoms with van der Waals surface area (Å²) in [4.78, 5) is 27.0. The van der Waals surface area contributed by atoms with Crippen LogP contribution in [0.2, 0.25) is 0 Å². The molecular weight excluding hydrogens is 302 g/mol. The van der Waals surface area contributed by atoms with Crippen molar-refractivity contribution in [2.24, 2.45) is 0 Å². The van der Waals surface area contributed by atoms with Crippen molar-refractivity contribution in [1.29, 1.82) is 0 Å². The molecule has 2 amide bonds. The van der Waals surface area contributed by atoms with Crippen LogP contribution in [-0.2, 0) is 22.7 Å². The lowest BCUT2D eigenvalue weighted by atomic mass is 10.1. The molecule has 0 saturated carbocycles. The van der Waals surface area contributed by atoms with E-state index in [9.17, 15) is 9.59 Å². The maximum Gasteiger partial charge on any atom is 0.271 e. The molecule has 2 rings (SSSR count). The number of anilines is 1. The molecule has 116 valence electrons. The average molecular weight is 319 g/mol. The first kappa shape index (κ1) is 16.1. The van der Waals surface area contributed by atoms with Gasteiger partial charge in [-0.25, -0.2) is 4.98 Å². The Morgan fingerprint density at radius 2 is 2.09 bits per heavy atom. The van der Waals surface area contributed by atoms with Gasteiger partial charge in [-0.2, -0.15) is 0 Å². The number of methoxy groups -OCH3 is 1. The van der Waals surface area contributed by atoms with Crippen molar-refractivity contribution >= 4 is 28.3 Å². The van der Waals surface area contributed by atoms with Gasteiger partial charge in [0.1, 0.15) is 5.69 Å². The van der Waals surface area contributed by atoms with E-state index in [1.165, 1.54) is 18.3 Å². The molecule has 0 saturated heterocycles. The first-order valence-corrected chi connectivity index (χ1v) is 7.54. The zero-order valence-corrected chi connectivity index (χ0v) is 13.2. The predicted octanol–water partition coefficient (Wildman–Crippen LogP) is 2.18. The van der Waals surface area contributed by atoms with Gasteiger partial charge in [0.25, 0.3) is 5.91 Å². The molecule has 0 spiro atoms. The number of hydrogen-bond acceptors (Lipinski definition) is 5. The number of thiazole rings is 1. The maximum atomic E-state index is 12.0. The molecule has 6 nitrogen and oxygen atoms in total. The normalized spacial score (nSPS) is 10.3. The summed E-state index contributed by atoms with van der Waals surface area (Å²) >= 11 is 1.22. The largest absolute Gasteiger partial charge is 0.380 e. The molecule has 1 heterocycles. The highest BCUT2D eigenvalue weighted by molar-refractivity contribution is 7.14. The van der Waals surface area contributed by atoms with E-state index < -0.39 is 0 Å². The quantitative estimate of drug-likeness (QED) is 0.855. The third-order valence-corrected chi connectivity index (χ3v) is 3.53. The Morgan fingerprint density at radius 3 is 2.82 bits per heavy atom. The van der Waals surface area contributed by atoms with Crippen LogP contribution in [0.25, 0.3) is 0 Å². The second kappa shape index (κ2) is 7.67. The van der Waals surface area contributed by atoms with Crippen molar-refractivity contribution in [2.45, 2.75) is 20.1 Å². The second-order valence-electron chi connectivity index (χ2n) is 4.65. The summed E-state index contributed by atoms with van der Waals surface area (Å²) in [6.07, 6.45) is 0. The highest BCUT2D eigenvalue weighted by atomic mass is 32.1. The molecule has 2 N–H and O–H groups in total. The van der Waals surface area contributed by atoms with Gasteiger partial charge in [-0.1, -0.05) is 24.3 Å². The summed E-state index contributed by atoms with van der Waals surface area (Å²) in [5.74, 6) is -0.485. The number of hydrogen-bond donors (Lipinski definition) is 2. The van der Waals surface area contributed by atoms with Gasteiger partial charge in [0.15, 0.2) is 5.13 Å². The summed E-state index contributed by atoms with van der Waals surface area (Å²) in [5.41, 5.74) is 2.33. The van der Waals surface area contributed by atoms with Gasteiger partial charge in [0, 0.05) is 26.0 Å². The zero-order chi connectivity index (χ0) is 15.9. The van der Waals surface area contributed by atoms with Crippen LogP contribution in [0.1, 0.15) is 28.5 Å². The van der Waals surface area contributed by atoms with Crippen LogP contribution in [0.5, 0.6) is 0 Å². The molecule has 7 heteroatoms. The van der Waals surface area contributed by atoms with Gasteiger partial charge in [-0.05, 0) is 11.1 Å². The molecule has 2 aromatic rings. The fourth-order valence-corrected chi connectivity index (χ4v) is 2.59. The number of amides is 2. The SMILES string of the molecule is COCc1cccc(CNC(=O)c2csc(NC(C)=O)n2)c1. The highest BCUT2D eigenvalue weighted by Gasteiger charge is 2.11. The van der Waals surface area contributed by atoms with Gasteiger partial charge in [0.2, 0.25) is 5.91 Å². The Morgan fingerprint density at radius 1 is 1.32 bits per heavy atom. The van der Waals surface area contributed by atoms with Gasteiger partial charge >= 0.3 is 0 Å². The minimum Gasteiger partial charge on any atom is -0.380 e. The highest BCUT2D eigenvalue weighted by Crippen LogP contribution is 2.15. The second-order valence-corrected chi connectivity index (χ2v) is 5.51. The summed E-state index contributed by atoms with van der Waals surface area (Å²) in [6.45, 7) is 2.34. The average Bonchev–Trinajstić information content (AvgIpc) is 2.93. The number of benzene rings is 1. The van der Waals surface area contributed by atoms with Crippen molar-refractivity contribution in [3.63, 3.8) is 0 Å². The molecule has 0 aliphatic rings. The molecular formula is C15H17N3O3S. The number of aromatic nitrogens is 1. The van der Waals surface area contributed by atoms with E-state index in [0.29, 0.717) is 24.0 Å². The van der Waals surface area contributed by atoms with Crippen molar-refractivity contribution < 1.29 is 14.3 Å². The fourth-order valence-electron chi connectivity index (χ4n) is 1.85. The molecule has 1 aromatic heterocycles. The first-order valence-electron chi connectivity index (χ1n) is 6.66. The van der Waals surface area contributed by atoms with Gasteiger partial charge < -0.3 is 15.4 Å². The van der Waals surface area contributed by atoms with Crippen LogP contribution in [0, 0.1) is 0 Å². The molecule has 0 aliphatic carbocycles. The third-order valence-electron chi connectivity index (χ3n) is 2.78. The zero-order valence-electron chi connectivity index (χ0n) is 12.4. The smallest absolute Gasteiger partial charge is 0.271 e. The summed E-state index contributed by atoms with van der Waals surface area (Å²) in [6, 6.07) is 7.80. The summed E-state index contributed by atoms with van der Waals surface area (Å²) in [7, 11) is 1.64. The van der Waals surface area contributed by atoms with Crippen molar-refractivity contribution in [3.05, 3.63) is 46.5 Å². The Labute approximate surface area is 132 Å². The molecule has 0 bridgehead atoms. The Hall–Kier alpha value is -2.25. The van der Waals surface area contributed by atoms with Crippen molar-refractivity contribution in [3.8, 4) is 0 Å². The van der Waals surface area contributed by atoms with E-state index in [4.69, 9.17) is 4.74 Å². The molecule has 0 aliphatic heterocycles. The van der Waals surface area contributed by atoms with Gasteiger partial charge in [-0.15, -0.1) is 11.3 Å². The van der Waals surface area contributed by atoms with Crippen LogP contribution in [0.4, 0.5) is 5.13 Å². The molecule has 0 unspecified atom stereocenters. The fraction of sp³-hybridized carbons (Fsp3) is 0.267.